The lowest BCUT2D eigenvalue weighted by atomic mass is 9.97. The zero-order valence-electron chi connectivity index (χ0n) is 12.9. The van der Waals surface area contributed by atoms with Gasteiger partial charge in [0.25, 0.3) is 0 Å². The van der Waals surface area contributed by atoms with E-state index < -0.39 is 5.97 Å². The number of nitrogens with zero attached hydrogens (tertiary/aromatic N) is 3. The highest BCUT2D eigenvalue weighted by molar-refractivity contribution is 6.38. The number of rotatable bonds is 4. The van der Waals surface area contributed by atoms with Gasteiger partial charge in [-0.3, -0.25) is 0 Å². The molecule has 3 rings (SSSR count). The third kappa shape index (κ3) is 2.28. The summed E-state index contributed by atoms with van der Waals surface area (Å²) in [6, 6.07) is 0. The van der Waals surface area contributed by atoms with E-state index in [-0.39, 0.29) is 11.5 Å². The van der Waals surface area contributed by atoms with Gasteiger partial charge in [-0.1, -0.05) is 31.4 Å². The second-order valence-corrected chi connectivity index (χ2v) is 6.17. The molecule has 0 saturated heterocycles. The molecule has 1 aliphatic rings. The maximum absolute atomic E-state index is 11.8. The molecule has 0 bridgehead atoms. The molecule has 0 radical (unpaired) electrons. The van der Waals surface area contributed by atoms with Crippen LogP contribution >= 0.6 is 11.6 Å². The fraction of sp³-hybridized carbons (Fsp3) is 0.562. The molecule has 118 valence electrons. The molecule has 1 saturated carbocycles. The molecule has 5 nitrogen and oxygen atoms in total. The molecule has 0 unspecified atom stereocenters. The summed E-state index contributed by atoms with van der Waals surface area (Å²) in [6.45, 7) is 4.68. The number of halogens is 1. The Morgan fingerprint density at radius 2 is 2.05 bits per heavy atom. The van der Waals surface area contributed by atoms with Crippen molar-refractivity contribution in [1.29, 1.82) is 0 Å². The van der Waals surface area contributed by atoms with E-state index in [9.17, 15) is 9.90 Å². The fourth-order valence-electron chi connectivity index (χ4n) is 3.41. The van der Waals surface area contributed by atoms with Crippen molar-refractivity contribution in [2.24, 2.45) is 0 Å². The lowest BCUT2D eigenvalue weighted by Gasteiger charge is -2.14. The summed E-state index contributed by atoms with van der Waals surface area (Å²) in [6.07, 6.45) is 4.90. The zero-order chi connectivity index (χ0) is 15.9. The van der Waals surface area contributed by atoms with Gasteiger partial charge < -0.3 is 5.11 Å². The summed E-state index contributed by atoms with van der Waals surface area (Å²) in [5, 5.41) is 15.2. The molecular weight excluding hydrogens is 302 g/mol. The molecule has 0 atom stereocenters. The van der Waals surface area contributed by atoms with Gasteiger partial charge in [0.15, 0.2) is 5.65 Å². The Bertz CT molecular complexity index is 733. The molecule has 0 aromatic carbocycles. The predicted octanol–water partition coefficient (Wildman–Crippen LogP) is 4.02. The monoisotopic (exact) mass is 321 g/mol. The first-order valence-corrected chi connectivity index (χ1v) is 8.28. The number of carboxylic acids is 1. The number of hydrogen-bond donors (Lipinski definition) is 1. The number of carbonyl (C=O) groups is 1. The first-order valence-electron chi connectivity index (χ1n) is 7.90. The minimum atomic E-state index is -0.993. The minimum Gasteiger partial charge on any atom is -0.478 e. The summed E-state index contributed by atoms with van der Waals surface area (Å²) in [5.41, 5.74) is 2.34. The largest absolute Gasteiger partial charge is 0.478 e. The normalized spacial score (nSPS) is 15.8. The van der Waals surface area contributed by atoms with Crippen LogP contribution in [0, 0.1) is 0 Å². The van der Waals surface area contributed by atoms with E-state index in [1.54, 1.807) is 0 Å². The molecule has 1 fully saturated rings. The van der Waals surface area contributed by atoms with E-state index in [0.29, 0.717) is 29.1 Å². The first-order chi connectivity index (χ1) is 10.6. The van der Waals surface area contributed by atoms with Crippen LogP contribution in [0.2, 0.25) is 5.02 Å². The molecule has 22 heavy (non-hydrogen) atoms. The van der Waals surface area contributed by atoms with E-state index >= 15 is 0 Å². The smallest absolute Gasteiger partial charge is 0.339 e. The van der Waals surface area contributed by atoms with E-state index in [4.69, 9.17) is 16.6 Å². The molecule has 2 aromatic rings. The van der Waals surface area contributed by atoms with Gasteiger partial charge in [-0.25, -0.2) is 14.5 Å². The predicted molar refractivity (Wildman–Crippen MR) is 85.8 cm³/mol. The van der Waals surface area contributed by atoms with E-state index in [0.717, 1.165) is 37.0 Å². The Kier molecular flexibility index (Phi) is 4.08. The molecule has 0 amide bonds. The molecule has 6 heteroatoms. The number of aryl methyl sites for hydroxylation is 2. The van der Waals surface area contributed by atoms with Crippen LogP contribution in [0.5, 0.6) is 0 Å². The van der Waals surface area contributed by atoms with Crippen molar-refractivity contribution in [1.82, 2.24) is 14.8 Å². The maximum Gasteiger partial charge on any atom is 0.339 e. The van der Waals surface area contributed by atoms with Crippen LogP contribution in [0.1, 0.15) is 67.2 Å². The minimum absolute atomic E-state index is 0.173. The van der Waals surface area contributed by atoms with Crippen molar-refractivity contribution in [3.05, 3.63) is 22.0 Å². The van der Waals surface area contributed by atoms with Crippen molar-refractivity contribution >= 4 is 28.6 Å². The van der Waals surface area contributed by atoms with Crippen LogP contribution in [-0.2, 0) is 13.0 Å². The van der Waals surface area contributed by atoms with E-state index in [2.05, 4.69) is 5.10 Å². The van der Waals surface area contributed by atoms with Gasteiger partial charge in [0.1, 0.15) is 5.56 Å². The quantitative estimate of drug-likeness (QED) is 0.923. The highest BCUT2D eigenvalue weighted by atomic mass is 35.5. The standard InChI is InChI=1S/C16H20ClN3O2/c1-3-10-11-13(17)12(16(21)22)14(9-7-5-6-8-9)18-15(11)20(4-2)19-10/h9H,3-8H2,1-2H3,(H,21,22). The van der Waals surface area contributed by atoms with Gasteiger partial charge in [0.2, 0.25) is 0 Å². The van der Waals surface area contributed by atoms with Gasteiger partial charge in [-0.05, 0) is 26.2 Å². The van der Waals surface area contributed by atoms with Crippen LogP contribution in [0.25, 0.3) is 11.0 Å². The molecule has 1 aliphatic carbocycles. The maximum atomic E-state index is 11.8. The second kappa shape index (κ2) is 5.88. The fourth-order valence-corrected chi connectivity index (χ4v) is 3.78. The van der Waals surface area contributed by atoms with Gasteiger partial charge in [0.05, 0.1) is 21.8 Å². The molecule has 0 aliphatic heterocycles. The van der Waals surface area contributed by atoms with Gasteiger partial charge in [0, 0.05) is 12.5 Å². The Balaban J connectivity index is 2.34. The summed E-state index contributed by atoms with van der Waals surface area (Å²) in [4.78, 5) is 16.5. The molecule has 1 N–H and O–H groups in total. The van der Waals surface area contributed by atoms with Gasteiger partial charge >= 0.3 is 5.97 Å². The first kappa shape index (κ1) is 15.3. The lowest BCUT2D eigenvalue weighted by Crippen LogP contribution is -2.11. The molecule has 2 heterocycles. The van der Waals surface area contributed by atoms with Gasteiger partial charge in [-0.2, -0.15) is 5.10 Å². The third-order valence-corrected chi connectivity index (χ3v) is 4.89. The van der Waals surface area contributed by atoms with Gasteiger partial charge in [-0.15, -0.1) is 0 Å². The number of pyridine rings is 1. The highest BCUT2D eigenvalue weighted by Gasteiger charge is 2.29. The van der Waals surface area contributed by atoms with Crippen molar-refractivity contribution in [2.75, 3.05) is 0 Å². The van der Waals surface area contributed by atoms with Crippen molar-refractivity contribution in [2.45, 2.75) is 58.4 Å². The highest BCUT2D eigenvalue weighted by Crippen LogP contribution is 2.40. The second-order valence-electron chi connectivity index (χ2n) is 5.79. The molecule has 0 spiro atoms. The summed E-state index contributed by atoms with van der Waals surface area (Å²) < 4.78 is 1.82. The number of aromatic carboxylic acids is 1. The topological polar surface area (TPSA) is 68.0 Å². The van der Waals surface area contributed by atoms with Crippen molar-refractivity contribution in [3.63, 3.8) is 0 Å². The number of hydrogen-bond acceptors (Lipinski definition) is 3. The Morgan fingerprint density at radius 3 is 2.59 bits per heavy atom. The Hall–Kier alpha value is -1.62. The zero-order valence-corrected chi connectivity index (χ0v) is 13.7. The Labute approximate surface area is 134 Å². The average molecular weight is 322 g/mol. The summed E-state index contributed by atoms with van der Waals surface area (Å²) in [7, 11) is 0. The average Bonchev–Trinajstić information content (AvgIpc) is 3.13. The van der Waals surface area contributed by atoms with Crippen molar-refractivity contribution in [3.8, 4) is 0 Å². The van der Waals surface area contributed by atoms with Crippen LogP contribution in [0.4, 0.5) is 0 Å². The third-order valence-electron chi connectivity index (χ3n) is 4.51. The number of fused-ring (bicyclic) bond motifs is 1. The lowest BCUT2D eigenvalue weighted by molar-refractivity contribution is 0.0695. The van der Waals surface area contributed by atoms with Crippen LogP contribution < -0.4 is 0 Å². The number of carboxylic acid groups (broad SMARTS) is 1. The molecular formula is C16H20ClN3O2. The van der Waals surface area contributed by atoms with E-state index in [1.165, 1.54) is 0 Å². The van der Waals surface area contributed by atoms with Crippen molar-refractivity contribution < 1.29 is 9.90 Å². The number of aromatic nitrogens is 3. The Morgan fingerprint density at radius 1 is 1.36 bits per heavy atom. The molecule has 2 aromatic heterocycles. The van der Waals surface area contributed by atoms with Crippen LogP contribution in [-0.4, -0.2) is 25.8 Å². The summed E-state index contributed by atoms with van der Waals surface area (Å²) >= 11 is 6.50. The van der Waals surface area contributed by atoms with E-state index in [1.807, 2.05) is 18.5 Å². The SMILES string of the molecule is CCc1nn(CC)c2nc(C3CCCC3)c(C(=O)O)c(Cl)c12. The van der Waals surface area contributed by atoms with Crippen LogP contribution in [0.3, 0.4) is 0 Å². The summed E-state index contributed by atoms with van der Waals surface area (Å²) in [5.74, 6) is -0.800. The van der Waals surface area contributed by atoms with Crippen LogP contribution in [0.15, 0.2) is 0 Å².